The molecule has 34 heavy (non-hydrogen) atoms. The van der Waals surface area contributed by atoms with Crippen LogP contribution in [0.25, 0.3) is 10.2 Å². The molecule has 2 aromatic heterocycles. The van der Waals surface area contributed by atoms with Gasteiger partial charge in [0.25, 0.3) is 5.91 Å². The van der Waals surface area contributed by atoms with E-state index < -0.39 is 5.97 Å². The molecule has 1 saturated heterocycles. The third-order valence-corrected chi connectivity index (χ3v) is 8.34. The number of nitrogens with zero attached hydrogens (tertiary/aromatic N) is 2. The number of para-hydroxylation sites is 1. The van der Waals surface area contributed by atoms with E-state index in [1.165, 1.54) is 34.8 Å². The molecule has 0 atom stereocenters. The lowest BCUT2D eigenvalue weighted by Crippen LogP contribution is -2.38. The molecule has 0 unspecified atom stereocenters. The van der Waals surface area contributed by atoms with Crippen LogP contribution in [0.4, 0.5) is 0 Å². The van der Waals surface area contributed by atoms with Crippen molar-refractivity contribution in [2.75, 3.05) is 20.2 Å². The minimum absolute atomic E-state index is 0.0403. The number of hydrogen-bond acceptors (Lipinski definition) is 7. The molecule has 0 spiro atoms. The van der Waals surface area contributed by atoms with Gasteiger partial charge in [-0.1, -0.05) is 24.3 Å². The maximum atomic E-state index is 13.4. The summed E-state index contributed by atoms with van der Waals surface area (Å²) in [6.07, 6.45) is 3.31. The first kappa shape index (κ1) is 22.7. The van der Waals surface area contributed by atoms with Gasteiger partial charge in [-0.25, -0.2) is 9.78 Å². The van der Waals surface area contributed by atoms with Gasteiger partial charge < -0.3 is 14.1 Å². The molecule has 0 N–H and O–H groups in total. The second-order valence-corrected chi connectivity index (χ2v) is 10.2. The fraction of sp³-hybridized carbons (Fsp3) is 0.269. The molecule has 2 aromatic carbocycles. The first-order valence-corrected chi connectivity index (χ1v) is 13.0. The first-order valence-electron chi connectivity index (χ1n) is 11.2. The molecule has 174 valence electrons. The maximum Gasteiger partial charge on any atom is 0.341 e. The van der Waals surface area contributed by atoms with Crippen molar-refractivity contribution in [1.82, 2.24) is 9.88 Å². The third kappa shape index (κ3) is 4.60. The van der Waals surface area contributed by atoms with Gasteiger partial charge in [0.2, 0.25) is 0 Å². The number of furan rings is 1. The van der Waals surface area contributed by atoms with Gasteiger partial charge in [0.15, 0.2) is 0 Å². The van der Waals surface area contributed by atoms with Crippen molar-refractivity contribution in [2.24, 2.45) is 0 Å². The summed E-state index contributed by atoms with van der Waals surface area (Å²) in [5, 5.41) is 1.17. The van der Waals surface area contributed by atoms with Crippen LogP contribution in [0, 0.1) is 0 Å². The zero-order valence-electron chi connectivity index (χ0n) is 18.7. The van der Waals surface area contributed by atoms with Crippen molar-refractivity contribution < 1.29 is 18.7 Å². The molecule has 3 heterocycles. The number of piperidine rings is 1. The summed E-state index contributed by atoms with van der Waals surface area (Å²) >= 11 is 3.24. The van der Waals surface area contributed by atoms with Crippen LogP contribution in [-0.4, -0.2) is 42.0 Å². The highest BCUT2D eigenvalue weighted by atomic mass is 32.2. The highest BCUT2D eigenvalue weighted by molar-refractivity contribution is 7.98. The second-order valence-electron chi connectivity index (χ2n) is 8.12. The van der Waals surface area contributed by atoms with Gasteiger partial charge >= 0.3 is 5.97 Å². The zero-order valence-corrected chi connectivity index (χ0v) is 20.4. The number of likely N-dealkylation sites (tertiary alicyclic amines) is 1. The molecule has 0 bridgehead atoms. The number of fused-ring (bicyclic) bond motifs is 1. The molecule has 1 aliphatic heterocycles. The Morgan fingerprint density at radius 2 is 1.85 bits per heavy atom. The van der Waals surface area contributed by atoms with E-state index in [-0.39, 0.29) is 5.91 Å². The number of carbonyl (C=O) groups is 2. The number of esters is 1. The van der Waals surface area contributed by atoms with Gasteiger partial charge in [-0.2, -0.15) is 0 Å². The SMILES string of the molecule is COC(=O)c1ccoc1CSc1ccccc1C(=O)N1CCC(c2nc3ccccc3s2)CC1. The Kier molecular flexibility index (Phi) is 6.69. The number of carbonyl (C=O) groups excluding carboxylic acids is 2. The molecular formula is C26H24N2O4S2. The molecular weight excluding hydrogens is 468 g/mol. The quantitative estimate of drug-likeness (QED) is 0.243. The highest BCUT2D eigenvalue weighted by Gasteiger charge is 2.27. The maximum absolute atomic E-state index is 13.4. The van der Waals surface area contributed by atoms with Crippen LogP contribution in [0.5, 0.6) is 0 Å². The number of methoxy groups -OCH3 is 1. The highest BCUT2D eigenvalue weighted by Crippen LogP contribution is 2.35. The zero-order chi connectivity index (χ0) is 23.5. The van der Waals surface area contributed by atoms with E-state index in [1.54, 1.807) is 17.4 Å². The number of thiazole rings is 1. The number of amides is 1. The van der Waals surface area contributed by atoms with E-state index >= 15 is 0 Å². The van der Waals surface area contributed by atoms with E-state index in [0.29, 0.717) is 41.6 Å². The monoisotopic (exact) mass is 492 g/mol. The molecule has 0 radical (unpaired) electrons. The predicted octanol–water partition coefficient (Wildman–Crippen LogP) is 5.99. The second kappa shape index (κ2) is 10.0. The Labute approximate surface area is 205 Å². The van der Waals surface area contributed by atoms with Gasteiger partial charge in [0.1, 0.15) is 11.3 Å². The van der Waals surface area contributed by atoms with Crippen LogP contribution in [0.15, 0.2) is 70.2 Å². The van der Waals surface area contributed by atoms with Crippen LogP contribution < -0.4 is 0 Å². The number of thioether (sulfide) groups is 1. The Morgan fingerprint density at radius 3 is 2.65 bits per heavy atom. The number of rotatable bonds is 6. The Hall–Kier alpha value is -3.10. The summed E-state index contributed by atoms with van der Waals surface area (Å²) in [5.74, 6) is 0.974. The largest absolute Gasteiger partial charge is 0.468 e. The Balaban J connectivity index is 1.25. The molecule has 1 amide bonds. The first-order chi connectivity index (χ1) is 16.6. The molecule has 6 nitrogen and oxygen atoms in total. The summed E-state index contributed by atoms with van der Waals surface area (Å²) in [4.78, 5) is 32.9. The molecule has 0 aliphatic carbocycles. The predicted molar refractivity (Wildman–Crippen MR) is 134 cm³/mol. The van der Waals surface area contributed by atoms with E-state index in [2.05, 4.69) is 12.1 Å². The fourth-order valence-corrected chi connectivity index (χ4v) is 6.35. The van der Waals surface area contributed by atoms with Crippen molar-refractivity contribution in [1.29, 1.82) is 0 Å². The van der Waals surface area contributed by atoms with Gasteiger partial charge in [-0.3, -0.25) is 4.79 Å². The summed E-state index contributed by atoms with van der Waals surface area (Å²) in [6.45, 7) is 1.42. The Bertz CT molecular complexity index is 1290. The van der Waals surface area contributed by atoms with Crippen molar-refractivity contribution in [2.45, 2.75) is 29.4 Å². The lowest BCUT2D eigenvalue weighted by atomic mass is 9.97. The van der Waals surface area contributed by atoms with Crippen molar-refractivity contribution in [3.8, 4) is 0 Å². The number of aromatic nitrogens is 1. The van der Waals surface area contributed by atoms with Crippen LogP contribution >= 0.6 is 23.1 Å². The third-order valence-electron chi connectivity index (χ3n) is 6.07. The van der Waals surface area contributed by atoms with E-state index in [1.807, 2.05) is 41.3 Å². The minimum atomic E-state index is -0.426. The molecule has 1 aliphatic rings. The number of hydrogen-bond donors (Lipinski definition) is 0. The van der Waals surface area contributed by atoms with Crippen LogP contribution in [-0.2, 0) is 10.5 Å². The topological polar surface area (TPSA) is 72.6 Å². The number of ether oxygens (including phenoxy) is 1. The summed E-state index contributed by atoms with van der Waals surface area (Å²) in [5.41, 5.74) is 2.15. The van der Waals surface area contributed by atoms with Crippen molar-refractivity contribution in [3.63, 3.8) is 0 Å². The van der Waals surface area contributed by atoms with Crippen LogP contribution in [0.2, 0.25) is 0 Å². The lowest BCUT2D eigenvalue weighted by Gasteiger charge is -2.31. The molecule has 0 saturated carbocycles. The van der Waals surface area contributed by atoms with E-state index in [9.17, 15) is 9.59 Å². The molecule has 5 rings (SSSR count). The van der Waals surface area contributed by atoms with Gasteiger partial charge in [-0.15, -0.1) is 23.1 Å². The van der Waals surface area contributed by atoms with Crippen molar-refractivity contribution >= 4 is 45.2 Å². The smallest absolute Gasteiger partial charge is 0.341 e. The van der Waals surface area contributed by atoms with Gasteiger partial charge in [0.05, 0.1) is 39.9 Å². The minimum Gasteiger partial charge on any atom is -0.468 e. The standard InChI is InChI=1S/C26H24N2O4S2/c1-31-26(30)18-12-15-32-21(18)16-33-22-8-4-2-6-19(22)25(29)28-13-10-17(11-14-28)24-27-20-7-3-5-9-23(20)34-24/h2-9,12,15,17H,10-11,13-14,16H2,1H3. The average Bonchev–Trinajstić information content (AvgIpc) is 3.54. The lowest BCUT2D eigenvalue weighted by molar-refractivity contribution is 0.0598. The van der Waals surface area contributed by atoms with Crippen LogP contribution in [0.1, 0.15) is 50.2 Å². The fourth-order valence-electron chi connectivity index (χ4n) is 4.22. The molecule has 4 aromatic rings. The Morgan fingerprint density at radius 1 is 1.09 bits per heavy atom. The van der Waals surface area contributed by atoms with E-state index in [0.717, 1.165) is 23.3 Å². The molecule has 1 fully saturated rings. The van der Waals surface area contributed by atoms with E-state index in [4.69, 9.17) is 14.1 Å². The normalized spacial score (nSPS) is 14.4. The summed E-state index contributed by atoms with van der Waals surface area (Å²) in [7, 11) is 1.35. The summed E-state index contributed by atoms with van der Waals surface area (Å²) in [6, 6.07) is 17.4. The molecule has 8 heteroatoms. The number of benzene rings is 2. The van der Waals surface area contributed by atoms with Crippen LogP contribution in [0.3, 0.4) is 0 Å². The van der Waals surface area contributed by atoms with Gasteiger partial charge in [-0.05, 0) is 43.2 Å². The summed E-state index contributed by atoms with van der Waals surface area (Å²) < 4.78 is 11.5. The van der Waals surface area contributed by atoms with Gasteiger partial charge in [0, 0.05) is 23.9 Å². The average molecular weight is 493 g/mol. The van der Waals surface area contributed by atoms with Crippen molar-refractivity contribution in [3.05, 3.63) is 82.8 Å².